The molecule has 1 N–H and O–H groups in total. The highest BCUT2D eigenvalue weighted by Gasteiger charge is 2.12. The average Bonchev–Trinajstić information content (AvgIpc) is 3.07. The number of nitrogens with zero attached hydrogens (tertiary/aromatic N) is 2. The normalized spacial score (nSPS) is 12.5. The summed E-state index contributed by atoms with van der Waals surface area (Å²) in [6, 6.07) is 9.85. The molecule has 0 saturated heterocycles. The Bertz CT molecular complexity index is 941. The zero-order valence-electron chi connectivity index (χ0n) is 14.5. The molecule has 0 spiro atoms. The summed E-state index contributed by atoms with van der Waals surface area (Å²) < 4.78 is 1.35. The first-order valence-electron chi connectivity index (χ1n) is 8.27. The van der Waals surface area contributed by atoms with Crippen LogP contribution in [0.2, 0.25) is 0 Å². The number of rotatable bonds is 5. The Morgan fingerprint density at radius 1 is 1.16 bits per heavy atom. The number of aromatic nitrogens is 2. The number of benzene rings is 1. The summed E-state index contributed by atoms with van der Waals surface area (Å²) in [5.41, 5.74) is 2.12. The van der Waals surface area contributed by atoms with E-state index in [1.54, 1.807) is 6.07 Å². The Hall–Kier alpha value is -2.47. The molecule has 25 heavy (non-hydrogen) atoms. The number of thiophene rings is 1. The Labute approximate surface area is 150 Å². The maximum atomic E-state index is 12.3. The van der Waals surface area contributed by atoms with E-state index in [1.165, 1.54) is 27.8 Å². The zero-order chi connectivity index (χ0) is 18.0. The molecule has 0 bridgehead atoms. The highest BCUT2D eigenvalue weighted by atomic mass is 32.1. The van der Waals surface area contributed by atoms with E-state index in [2.05, 4.69) is 36.3 Å². The van der Waals surface area contributed by atoms with Crippen molar-refractivity contribution in [3.63, 3.8) is 0 Å². The molecular formula is C19H21N3O2S. The van der Waals surface area contributed by atoms with E-state index < -0.39 is 0 Å². The van der Waals surface area contributed by atoms with Crippen molar-refractivity contribution in [2.75, 3.05) is 0 Å². The first kappa shape index (κ1) is 17.4. The van der Waals surface area contributed by atoms with Gasteiger partial charge in [0.2, 0.25) is 5.91 Å². The highest BCUT2D eigenvalue weighted by molar-refractivity contribution is 7.16. The molecule has 0 fully saturated rings. The van der Waals surface area contributed by atoms with Gasteiger partial charge in [-0.15, -0.1) is 11.3 Å². The summed E-state index contributed by atoms with van der Waals surface area (Å²) in [5, 5.41) is 5.32. The quantitative estimate of drug-likeness (QED) is 0.762. The second-order valence-corrected chi connectivity index (χ2v) is 7.32. The first-order valence-corrected chi connectivity index (χ1v) is 9.15. The molecule has 0 aliphatic rings. The van der Waals surface area contributed by atoms with Crippen LogP contribution >= 0.6 is 11.3 Å². The summed E-state index contributed by atoms with van der Waals surface area (Å²) in [6.07, 6.45) is 1.43. The van der Waals surface area contributed by atoms with Crippen molar-refractivity contribution in [3.8, 4) is 0 Å². The minimum Gasteiger partial charge on any atom is -0.348 e. The molecule has 3 aromatic rings. The lowest BCUT2D eigenvalue weighted by atomic mass is 9.99. The Balaban J connectivity index is 1.68. The third kappa shape index (κ3) is 3.79. The van der Waals surface area contributed by atoms with Crippen molar-refractivity contribution in [3.05, 3.63) is 63.5 Å². The average molecular weight is 355 g/mol. The van der Waals surface area contributed by atoms with Gasteiger partial charge in [0.25, 0.3) is 5.56 Å². The minimum absolute atomic E-state index is 0.0357. The Kier molecular flexibility index (Phi) is 4.99. The fourth-order valence-corrected chi connectivity index (χ4v) is 3.42. The smallest absolute Gasteiger partial charge is 0.262 e. The van der Waals surface area contributed by atoms with E-state index >= 15 is 0 Å². The van der Waals surface area contributed by atoms with Gasteiger partial charge < -0.3 is 5.32 Å². The maximum absolute atomic E-state index is 12.3. The third-order valence-electron chi connectivity index (χ3n) is 4.25. The number of hydrogen-bond acceptors (Lipinski definition) is 4. The lowest BCUT2D eigenvalue weighted by Gasteiger charge is -2.16. The maximum Gasteiger partial charge on any atom is 0.262 e. The van der Waals surface area contributed by atoms with Gasteiger partial charge in [0.1, 0.15) is 11.4 Å². The second-order valence-electron chi connectivity index (χ2n) is 6.43. The van der Waals surface area contributed by atoms with Gasteiger partial charge in [-0.05, 0) is 35.4 Å². The predicted octanol–water partition coefficient (Wildman–Crippen LogP) is 3.46. The van der Waals surface area contributed by atoms with Crippen LogP contribution in [0.25, 0.3) is 10.2 Å². The van der Waals surface area contributed by atoms with E-state index in [4.69, 9.17) is 0 Å². The molecule has 0 radical (unpaired) electrons. The molecule has 1 atom stereocenters. The fourth-order valence-electron chi connectivity index (χ4n) is 2.70. The van der Waals surface area contributed by atoms with Gasteiger partial charge in [0, 0.05) is 0 Å². The van der Waals surface area contributed by atoms with Crippen LogP contribution in [-0.2, 0) is 11.3 Å². The van der Waals surface area contributed by atoms with Crippen LogP contribution in [0.15, 0.2) is 46.8 Å². The van der Waals surface area contributed by atoms with Crippen LogP contribution in [0.5, 0.6) is 0 Å². The molecule has 1 unspecified atom stereocenters. The Morgan fingerprint density at radius 3 is 2.52 bits per heavy atom. The van der Waals surface area contributed by atoms with E-state index in [0.717, 1.165) is 5.56 Å². The monoisotopic (exact) mass is 355 g/mol. The second kappa shape index (κ2) is 7.19. The van der Waals surface area contributed by atoms with Gasteiger partial charge in [-0.1, -0.05) is 38.1 Å². The van der Waals surface area contributed by atoms with Crippen LogP contribution in [0.3, 0.4) is 0 Å². The van der Waals surface area contributed by atoms with Crippen LogP contribution < -0.4 is 10.9 Å². The lowest BCUT2D eigenvalue weighted by Crippen LogP contribution is -2.33. The molecule has 6 heteroatoms. The van der Waals surface area contributed by atoms with E-state index in [0.29, 0.717) is 16.1 Å². The van der Waals surface area contributed by atoms with E-state index in [1.807, 2.05) is 24.4 Å². The highest BCUT2D eigenvalue weighted by Crippen LogP contribution is 2.18. The zero-order valence-corrected chi connectivity index (χ0v) is 15.3. The number of carbonyl (C=O) groups excluding carboxylic acids is 1. The number of amides is 1. The summed E-state index contributed by atoms with van der Waals surface area (Å²) in [6.45, 7) is 6.20. The van der Waals surface area contributed by atoms with E-state index in [-0.39, 0.29) is 24.1 Å². The van der Waals surface area contributed by atoms with Gasteiger partial charge in [0.15, 0.2) is 0 Å². The fraction of sp³-hybridized carbons (Fsp3) is 0.316. The molecule has 0 aliphatic carbocycles. The van der Waals surface area contributed by atoms with Crippen molar-refractivity contribution >= 4 is 27.5 Å². The molecule has 2 aromatic heterocycles. The number of nitrogens with one attached hydrogen (secondary N) is 1. The summed E-state index contributed by atoms with van der Waals surface area (Å²) >= 11 is 1.42. The predicted molar refractivity (Wildman–Crippen MR) is 101 cm³/mol. The molecule has 1 amide bonds. The van der Waals surface area contributed by atoms with Gasteiger partial charge in [-0.2, -0.15) is 0 Å². The molecule has 0 saturated carbocycles. The molecule has 2 heterocycles. The third-order valence-corrected chi connectivity index (χ3v) is 5.07. The minimum atomic E-state index is -0.209. The number of carbonyl (C=O) groups is 1. The molecule has 1 aromatic carbocycles. The van der Waals surface area contributed by atoms with Crippen molar-refractivity contribution in [1.29, 1.82) is 0 Å². The SMILES string of the molecule is CC(C)c1ccc(C(C)NC(=O)Cn2cnc3sccc3c2=O)cc1. The molecule has 130 valence electrons. The van der Waals surface area contributed by atoms with Crippen LogP contribution in [0.4, 0.5) is 0 Å². The lowest BCUT2D eigenvalue weighted by molar-refractivity contribution is -0.122. The van der Waals surface area contributed by atoms with Gasteiger partial charge in [-0.25, -0.2) is 4.98 Å². The van der Waals surface area contributed by atoms with Crippen LogP contribution in [-0.4, -0.2) is 15.5 Å². The topological polar surface area (TPSA) is 64.0 Å². The Morgan fingerprint density at radius 2 is 1.84 bits per heavy atom. The molecule has 3 rings (SSSR count). The largest absolute Gasteiger partial charge is 0.348 e. The summed E-state index contributed by atoms with van der Waals surface area (Å²) in [4.78, 5) is 29.5. The van der Waals surface area contributed by atoms with Gasteiger partial charge >= 0.3 is 0 Å². The van der Waals surface area contributed by atoms with Crippen LogP contribution in [0, 0.1) is 0 Å². The molecular weight excluding hydrogens is 334 g/mol. The van der Waals surface area contributed by atoms with Gasteiger partial charge in [0.05, 0.1) is 17.8 Å². The number of fused-ring (bicyclic) bond motifs is 1. The molecule has 5 nitrogen and oxygen atoms in total. The standard InChI is InChI=1S/C19H21N3O2S/c1-12(2)14-4-6-15(7-5-14)13(3)21-17(23)10-22-11-20-18-16(19(22)24)8-9-25-18/h4-9,11-13H,10H2,1-3H3,(H,21,23). The van der Waals surface area contributed by atoms with E-state index in [9.17, 15) is 9.59 Å². The van der Waals surface area contributed by atoms with Crippen molar-refractivity contribution in [2.45, 2.75) is 39.3 Å². The number of hydrogen-bond donors (Lipinski definition) is 1. The molecule has 0 aliphatic heterocycles. The van der Waals surface area contributed by atoms with Crippen molar-refractivity contribution in [1.82, 2.24) is 14.9 Å². The van der Waals surface area contributed by atoms with Crippen molar-refractivity contribution < 1.29 is 4.79 Å². The summed E-state index contributed by atoms with van der Waals surface area (Å²) in [7, 11) is 0. The van der Waals surface area contributed by atoms with Crippen LogP contribution in [0.1, 0.15) is 43.9 Å². The summed E-state index contributed by atoms with van der Waals surface area (Å²) in [5.74, 6) is 0.268. The first-order chi connectivity index (χ1) is 12.0. The van der Waals surface area contributed by atoms with Crippen molar-refractivity contribution in [2.24, 2.45) is 0 Å². The van der Waals surface area contributed by atoms with Gasteiger partial charge in [-0.3, -0.25) is 14.2 Å².